The Bertz CT molecular complexity index is 189. The van der Waals surface area contributed by atoms with Crippen molar-refractivity contribution in [1.82, 2.24) is 5.32 Å². The molecule has 0 aromatic heterocycles. The van der Waals surface area contributed by atoms with Crippen molar-refractivity contribution in [2.45, 2.75) is 13.3 Å². The molecule has 0 aromatic rings. The Hall–Kier alpha value is -0.660. The molecule has 1 N–H and O–H groups in total. The van der Waals surface area contributed by atoms with Crippen molar-refractivity contribution in [2.24, 2.45) is 0 Å². The molecule has 0 aliphatic rings. The van der Waals surface area contributed by atoms with Crippen LogP contribution in [0.3, 0.4) is 0 Å². The summed E-state index contributed by atoms with van der Waals surface area (Å²) in [7, 11) is 0. The van der Waals surface area contributed by atoms with Gasteiger partial charge in [-0.1, -0.05) is 5.92 Å². The van der Waals surface area contributed by atoms with Gasteiger partial charge in [-0.25, -0.2) is 0 Å². The van der Waals surface area contributed by atoms with Gasteiger partial charge in [0.25, 0.3) is 0 Å². The van der Waals surface area contributed by atoms with Gasteiger partial charge < -0.3 is 10.1 Å². The van der Waals surface area contributed by atoms with E-state index in [1.165, 1.54) is 0 Å². The summed E-state index contributed by atoms with van der Waals surface area (Å²) in [5, 5.41) is 3.14. The number of thioether (sulfide) groups is 1. The summed E-state index contributed by atoms with van der Waals surface area (Å²) >= 11 is 1.71. The molecule has 0 amide bonds. The molecule has 0 saturated carbocycles. The predicted molar refractivity (Wildman–Crippen MR) is 60.3 cm³/mol. The summed E-state index contributed by atoms with van der Waals surface area (Å²) in [5.74, 6) is 4.14. The van der Waals surface area contributed by atoms with Gasteiger partial charge in [-0.2, -0.15) is 0 Å². The van der Waals surface area contributed by atoms with Gasteiger partial charge in [-0.05, 0) is 6.92 Å². The highest BCUT2D eigenvalue weighted by Crippen LogP contribution is 1.95. The van der Waals surface area contributed by atoms with Gasteiger partial charge in [-0.15, -0.1) is 18.2 Å². The van der Waals surface area contributed by atoms with Gasteiger partial charge >= 0.3 is 5.97 Å². The average Bonchev–Trinajstić information content (AvgIpc) is 2.17. The molecule has 80 valence electrons. The first kappa shape index (κ1) is 13.3. The molecule has 0 bridgehead atoms. The Morgan fingerprint density at radius 2 is 2.36 bits per heavy atom. The Balaban J connectivity index is 3.06. The van der Waals surface area contributed by atoms with Crippen molar-refractivity contribution < 1.29 is 9.53 Å². The van der Waals surface area contributed by atoms with Crippen molar-refractivity contribution >= 4 is 17.7 Å². The number of nitrogens with one attached hydrogen (secondary N) is 1. The third-order valence-corrected chi connectivity index (χ3v) is 2.28. The van der Waals surface area contributed by atoms with Crippen LogP contribution in [0.2, 0.25) is 0 Å². The molecule has 0 saturated heterocycles. The maximum Gasteiger partial charge on any atom is 0.307 e. The zero-order valence-corrected chi connectivity index (χ0v) is 9.36. The second-order valence-electron chi connectivity index (χ2n) is 2.56. The molecule has 14 heavy (non-hydrogen) atoms. The smallest absolute Gasteiger partial charge is 0.307 e. The van der Waals surface area contributed by atoms with Crippen molar-refractivity contribution in [1.29, 1.82) is 0 Å². The number of carbonyl (C=O) groups is 1. The van der Waals surface area contributed by atoms with E-state index < -0.39 is 0 Å². The largest absolute Gasteiger partial charge is 0.466 e. The van der Waals surface area contributed by atoms with Crippen LogP contribution in [0.1, 0.15) is 13.3 Å². The molecule has 0 aliphatic heterocycles. The molecule has 0 fully saturated rings. The normalized spacial score (nSPS) is 9.43. The van der Waals surface area contributed by atoms with Gasteiger partial charge in [0.05, 0.1) is 18.8 Å². The molecule has 0 atom stereocenters. The summed E-state index contributed by atoms with van der Waals surface area (Å²) in [5.41, 5.74) is 0. The number of rotatable bonds is 8. The van der Waals surface area contributed by atoms with Crippen molar-refractivity contribution in [3.63, 3.8) is 0 Å². The van der Waals surface area contributed by atoms with Crippen molar-refractivity contribution in [2.75, 3.05) is 31.2 Å². The molecule has 0 unspecified atom stereocenters. The lowest BCUT2D eigenvalue weighted by Crippen LogP contribution is -2.21. The highest BCUT2D eigenvalue weighted by atomic mass is 32.2. The average molecular weight is 215 g/mol. The van der Waals surface area contributed by atoms with E-state index in [4.69, 9.17) is 11.2 Å². The fourth-order valence-corrected chi connectivity index (χ4v) is 1.37. The third kappa shape index (κ3) is 9.43. The second-order valence-corrected chi connectivity index (χ2v) is 3.67. The van der Waals surface area contributed by atoms with Gasteiger partial charge in [-0.3, -0.25) is 4.79 Å². The molecule has 4 heteroatoms. The van der Waals surface area contributed by atoms with E-state index in [1.807, 2.05) is 6.92 Å². The Morgan fingerprint density at radius 3 is 3.00 bits per heavy atom. The molecule has 0 heterocycles. The number of esters is 1. The lowest BCUT2D eigenvalue weighted by Gasteiger charge is -2.03. The lowest BCUT2D eigenvalue weighted by atomic mass is 10.4. The van der Waals surface area contributed by atoms with E-state index in [-0.39, 0.29) is 5.97 Å². The fraction of sp³-hybridized carbons (Fsp3) is 0.700. The minimum absolute atomic E-state index is 0.142. The summed E-state index contributed by atoms with van der Waals surface area (Å²) < 4.78 is 4.78. The maximum absolute atomic E-state index is 10.9. The standard InChI is InChI=1S/C10H17NO2S/c1-3-8-14-9-7-11-6-5-10(12)13-4-2/h1,11H,4-9H2,2H3. The Kier molecular flexibility index (Phi) is 9.93. The molecule has 0 rings (SSSR count). The van der Waals surface area contributed by atoms with Crippen LogP contribution in [-0.4, -0.2) is 37.2 Å². The second kappa shape index (κ2) is 10.4. The number of carbonyl (C=O) groups excluding carboxylic acids is 1. The molecule has 0 aliphatic carbocycles. The molecule has 0 spiro atoms. The van der Waals surface area contributed by atoms with Gasteiger partial charge in [0.15, 0.2) is 0 Å². The van der Waals surface area contributed by atoms with Crippen LogP contribution in [0.5, 0.6) is 0 Å². The fourth-order valence-electron chi connectivity index (χ4n) is 0.824. The van der Waals surface area contributed by atoms with Gasteiger partial charge in [0.2, 0.25) is 0 Å². The van der Waals surface area contributed by atoms with E-state index >= 15 is 0 Å². The number of hydrogen-bond donors (Lipinski definition) is 1. The van der Waals surface area contributed by atoms with Crippen LogP contribution in [0, 0.1) is 12.3 Å². The molecular formula is C10H17NO2S. The zero-order valence-electron chi connectivity index (χ0n) is 8.54. The minimum Gasteiger partial charge on any atom is -0.466 e. The van der Waals surface area contributed by atoms with E-state index in [9.17, 15) is 4.79 Å². The number of ether oxygens (including phenoxy) is 1. The minimum atomic E-state index is -0.142. The molecular weight excluding hydrogens is 198 g/mol. The first-order valence-corrected chi connectivity index (χ1v) is 5.84. The monoisotopic (exact) mass is 215 g/mol. The topological polar surface area (TPSA) is 38.3 Å². The zero-order chi connectivity index (χ0) is 10.6. The number of hydrogen-bond acceptors (Lipinski definition) is 4. The van der Waals surface area contributed by atoms with E-state index in [0.29, 0.717) is 19.6 Å². The third-order valence-electron chi connectivity index (χ3n) is 1.42. The highest BCUT2D eigenvalue weighted by Gasteiger charge is 1.99. The van der Waals surface area contributed by atoms with Crippen molar-refractivity contribution in [3.05, 3.63) is 0 Å². The summed E-state index contributed by atoms with van der Waals surface area (Å²) in [4.78, 5) is 10.9. The summed E-state index contributed by atoms with van der Waals surface area (Å²) in [6, 6.07) is 0. The maximum atomic E-state index is 10.9. The molecule has 0 aromatic carbocycles. The van der Waals surface area contributed by atoms with Crippen LogP contribution in [-0.2, 0) is 9.53 Å². The van der Waals surface area contributed by atoms with Gasteiger partial charge in [0.1, 0.15) is 0 Å². The lowest BCUT2D eigenvalue weighted by molar-refractivity contribution is -0.142. The van der Waals surface area contributed by atoms with Crippen LogP contribution in [0.15, 0.2) is 0 Å². The Labute approximate surface area is 90.0 Å². The van der Waals surface area contributed by atoms with Crippen LogP contribution in [0.25, 0.3) is 0 Å². The highest BCUT2D eigenvalue weighted by molar-refractivity contribution is 7.99. The molecule has 0 radical (unpaired) electrons. The quantitative estimate of drug-likeness (QED) is 0.371. The van der Waals surface area contributed by atoms with E-state index in [1.54, 1.807) is 11.8 Å². The summed E-state index contributed by atoms with van der Waals surface area (Å²) in [6.07, 6.45) is 5.53. The predicted octanol–water partition coefficient (Wildman–Crippen LogP) is 0.896. The first-order valence-electron chi connectivity index (χ1n) is 4.68. The first-order chi connectivity index (χ1) is 6.81. The van der Waals surface area contributed by atoms with Crippen molar-refractivity contribution in [3.8, 4) is 12.3 Å². The number of terminal acetylenes is 1. The van der Waals surface area contributed by atoms with Gasteiger partial charge in [0, 0.05) is 18.8 Å². The molecule has 3 nitrogen and oxygen atoms in total. The van der Waals surface area contributed by atoms with Crippen LogP contribution in [0.4, 0.5) is 0 Å². The summed E-state index contributed by atoms with van der Waals surface area (Å²) in [6.45, 7) is 3.82. The Morgan fingerprint density at radius 1 is 1.57 bits per heavy atom. The SMILES string of the molecule is C#CCSCCNCCC(=O)OCC. The van der Waals surface area contributed by atoms with E-state index in [2.05, 4.69) is 11.2 Å². The van der Waals surface area contributed by atoms with E-state index in [0.717, 1.165) is 18.1 Å². The van der Waals surface area contributed by atoms with Crippen LogP contribution >= 0.6 is 11.8 Å². The van der Waals surface area contributed by atoms with Crippen LogP contribution < -0.4 is 5.32 Å².